The van der Waals surface area contributed by atoms with Gasteiger partial charge in [0.15, 0.2) is 5.65 Å². The molecule has 0 fully saturated rings. The van der Waals surface area contributed by atoms with E-state index in [4.69, 9.17) is 4.98 Å². The van der Waals surface area contributed by atoms with Crippen LogP contribution in [0, 0.1) is 20.8 Å². The number of fused-ring (bicyclic) bond motifs is 5. The molecule has 0 unspecified atom stereocenters. The highest BCUT2D eigenvalue weighted by Gasteiger charge is 2.20. The van der Waals surface area contributed by atoms with Crippen molar-refractivity contribution in [3.63, 3.8) is 0 Å². The zero-order valence-corrected chi connectivity index (χ0v) is 17.0. The van der Waals surface area contributed by atoms with Crippen molar-refractivity contribution >= 4 is 53.3 Å². The molecule has 0 saturated heterocycles. The van der Waals surface area contributed by atoms with Gasteiger partial charge in [0, 0.05) is 23.8 Å². The molecule has 0 aliphatic rings. The molecule has 5 rings (SSSR count). The number of hydrogen-bond donors (Lipinski definition) is 0. The summed E-state index contributed by atoms with van der Waals surface area (Å²) < 4.78 is 5.43. The van der Waals surface area contributed by atoms with Crippen LogP contribution in [0.1, 0.15) is 17.0 Å². The van der Waals surface area contributed by atoms with Crippen LogP contribution in [-0.2, 0) is 7.05 Å². The maximum Gasteiger partial charge on any atom is 0.203 e. The van der Waals surface area contributed by atoms with Gasteiger partial charge >= 0.3 is 0 Å². The van der Waals surface area contributed by atoms with Crippen LogP contribution in [0.5, 0.6) is 0 Å². The first kappa shape index (κ1) is 15.8. The second kappa shape index (κ2) is 5.31. The van der Waals surface area contributed by atoms with Gasteiger partial charge in [0.1, 0.15) is 21.6 Å². The minimum Gasteiger partial charge on any atom is -0.271 e. The largest absolute Gasteiger partial charge is 0.271 e. The molecule has 5 aromatic rings. The van der Waals surface area contributed by atoms with Gasteiger partial charge in [-0.1, -0.05) is 0 Å². The first-order valence-electron chi connectivity index (χ1n) is 8.05. The average molecular weight is 428 g/mol. The van der Waals surface area contributed by atoms with Crippen LogP contribution in [0.4, 0.5) is 0 Å². The Bertz CT molecular complexity index is 1340. The van der Waals surface area contributed by atoms with E-state index in [1.807, 2.05) is 25.6 Å². The fraction of sp³-hybridized carbons (Fsp3) is 0.235. The number of thiophene rings is 1. The van der Waals surface area contributed by atoms with Crippen LogP contribution in [0.2, 0.25) is 0 Å². The third-order valence-corrected chi connectivity index (χ3v) is 6.58. The van der Waals surface area contributed by atoms with Crippen molar-refractivity contribution in [1.29, 1.82) is 0 Å². The Morgan fingerprint density at radius 1 is 1.12 bits per heavy atom. The summed E-state index contributed by atoms with van der Waals surface area (Å²) in [6.45, 7) is 6.10. The Labute approximate surface area is 160 Å². The zero-order valence-electron chi connectivity index (χ0n) is 14.6. The molecule has 0 spiro atoms. The lowest BCUT2D eigenvalue weighted by atomic mass is 10.1. The van der Waals surface area contributed by atoms with Crippen molar-refractivity contribution in [2.75, 3.05) is 0 Å². The minimum atomic E-state index is 0.577. The number of rotatable bonds is 1. The van der Waals surface area contributed by atoms with Gasteiger partial charge in [0.25, 0.3) is 0 Å². The monoisotopic (exact) mass is 427 g/mol. The summed E-state index contributed by atoms with van der Waals surface area (Å²) in [6, 6.07) is 2.09. The lowest BCUT2D eigenvalue weighted by molar-refractivity contribution is 0.740. The predicted molar refractivity (Wildman–Crippen MR) is 106 cm³/mol. The van der Waals surface area contributed by atoms with Crippen molar-refractivity contribution in [2.45, 2.75) is 20.8 Å². The number of pyridine rings is 1. The maximum absolute atomic E-state index is 4.76. The molecule has 7 nitrogen and oxygen atoms in total. The Kier molecular flexibility index (Phi) is 3.23. The van der Waals surface area contributed by atoms with Gasteiger partial charge in [-0.2, -0.15) is 5.10 Å². The van der Waals surface area contributed by atoms with Crippen LogP contribution in [0.25, 0.3) is 37.6 Å². The normalized spacial score (nSPS) is 12.0. The third-order valence-electron chi connectivity index (χ3n) is 4.57. The van der Waals surface area contributed by atoms with Crippen molar-refractivity contribution in [2.24, 2.45) is 7.05 Å². The van der Waals surface area contributed by atoms with Gasteiger partial charge in [-0.25, -0.2) is 19.5 Å². The first-order valence-corrected chi connectivity index (χ1v) is 9.66. The molecule has 26 heavy (non-hydrogen) atoms. The van der Waals surface area contributed by atoms with Gasteiger partial charge in [-0.3, -0.25) is 4.68 Å². The van der Waals surface area contributed by atoms with E-state index in [9.17, 15) is 0 Å². The van der Waals surface area contributed by atoms with Crippen LogP contribution in [0.3, 0.4) is 0 Å². The molecule has 5 aromatic heterocycles. The van der Waals surface area contributed by atoms with Gasteiger partial charge in [-0.15, -0.1) is 16.4 Å². The molecule has 130 valence electrons. The summed E-state index contributed by atoms with van der Waals surface area (Å²) in [5, 5.41) is 10.2. The van der Waals surface area contributed by atoms with Crippen molar-refractivity contribution in [3.8, 4) is 11.5 Å². The second-order valence-corrected chi connectivity index (χ2v) is 8.15. The van der Waals surface area contributed by atoms with Crippen LogP contribution >= 0.6 is 27.3 Å². The van der Waals surface area contributed by atoms with Crippen molar-refractivity contribution < 1.29 is 0 Å². The lowest BCUT2D eigenvalue weighted by Crippen LogP contribution is -1.93. The highest BCUT2D eigenvalue weighted by atomic mass is 79.9. The Hall–Kier alpha value is -2.39. The molecular weight excluding hydrogens is 414 g/mol. The minimum absolute atomic E-state index is 0.577. The molecule has 9 heteroatoms. The van der Waals surface area contributed by atoms with Crippen molar-refractivity contribution in [3.05, 3.63) is 33.8 Å². The third kappa shape index (κ3) is 2.07. The molecule has 0 bridgehead atoms. The number of nitrogens with zero attached hydrogens (tertiary/aromatic N) is 7. The highest BCUT2D eigenvalue weighted by molar-refractivity contribution is 9.10. The number of aryl methyl sites for hydroxylation is 3. The van der Waals surface area contributed by atoms with Gasteiger partial charge in [0.2, 0.25) is 5.82 Å². The maximum atomic E-state index is 4.76. The van der Waals surface area contributed by atoms with Crippen molar-refractivity contribution in [1.82, 2.24) is 34.3 Å². The summed E-state index contributed by atoms with van der Waals surface area (Å²) in [6.07, 6.45) is 1.71. The summed E-state index contributed by atoms with van der Waals surface area (Å²) in [4.78, 5) is 15.1. The van der Waals surface area contributed by atoms with E-state index in [-0.39, 0.29) is 0 Å². The van der Waals surface area contributed by atoms with Crippen LogP contribution in [-0.4, -0.2) is 34.3 Å². The Morgan fingerprint density at radius 2 is 1.92 bits per heavy atom. The number of hydrogen-bond acceptors (Lipinski definition) is 6. The predicted octanol–water partition coefficient (Wildman–Crippen LogP) is 3.98. The molecule has 0 amide bonds. The quantitative estimate of drug-likeness (QED) is 0.404. The fourth-order valence-corrected chi connectivity index (χ4v) is 4.93. The van der Waals surface area contributed by atoms with E-state index in [0.717, 1.165) is 47.6 Å². The van der Waals surface area contributed by atoms with Crippen LogP contribution in [0.15, 0.2) is 16.9 Å². The summed E-state index contributed by atoms with van der Waals surface area (Å²) >= 11 is 5.20. The lowest BCUT2D eigenvalue weighted by Gasteiger charge is -1.98. The SMILES string of the molecule is Cc1cc(C)c2c(n1)sc1c2ncn2nc(-c3nn(C)c(C)c3Br)nc12. The zero-order chi connectivity index (χ0) is 18.2. The Balaban J connectivity index is 1.84. The molecule has 0 aromatic carbocycles. The molecule has 0 aliphatic carbocycles. The second-order valence-electron chi connectivity index (χ2n) is 6.36. The molecule has 0 saturated carbocycles. The molecule has 5 heterocycles. The summed E-state index contributed by atoms with van der Waals surface area (Å²) in [7, 11) is 1.90. The average Bonchev–Trinajstić information content (AvgIpc) is 3.24. The van der Waals surface area contributed by atoms with E-state index in [2.05, 4.69) is 49.1 Å². The van der Waals surface area contributed by atoms with Crippen LogP contribution < -0.4 is 0 Å². The van der Waals surface area contributed by atoms with Gasteiger partial charge in [0.05, 0.1) is 9.99 Å². The molecule has 0 radical (unpaired) electrons. The molecule has 0 atom stereocenters. The van der Waals surface area contributed by atoms with E-state index in [1.54, 1.807) is 22.2 Å². The van der Waals surface area contributed by atoms with E-state index in [1.165, 1.54) is 5.56 Å². The standard InChI is InChI=1S/C17H14BrN7S/c1-7-5-8(2)20-17-10(7)12-14(26-17)16-21-15(23-25(16)6-19-12)13-11(18)9(3)24(4)22-13/h5-6H,1-4H3. The van der Waals surface area contributed by atoms with E-state index in [0.29, 0.717) is 5.82 Å². The topological polar surface area (TPSA) is 73.8 Å². The number of halogens is 1. The molecular formula is C17H14BrN7S. The number of aromatic nitrogens is 7. The molecule has 0 N–H and O–H groups in total. The fourth-order valence-electron chi connectivity index (χ4n) is 3.19. The van der Waals surface area contributed by atoms with Gasteiger partial charge < -0.3 is 0 Å². The van der Waals surface area contributed by atoms with E-state index < -0.39 is 0 Å². The summed E-state index contributed by atoms with van der Waals surface area (Å²) in [5.74, 6) is 0.577. The smallest absolute Gasteiger partial charge is 0.203 e. The summed E-state index contributed by atoms with van der Waals surface area (Å²) in [5.41, 5.74) is 5.65. The highest BCUT2D eigenvalue weighted by Crippen LogP contribution is 2.36. The molecule has 0 aliphatic heterocycles. The first-order chi connectivity index (χ1) is 12.4. The Morgan fingerprint density at radius 3 is 2.65 bits per heavy atom. The van der Waals surface area contributed by atoms with Gasteiger partial charge in [-0.05, 0) is 48.3 Å². The van der Waals surface area contributed by atoms with E-state index >= 15 is 0 Å².